The normalized spacial score (nSPS) is 10.6. The van der Waals surface area contributed by atoms with Crippen LogP contribution in [-0.4, -0.2) is 20.7 Å². The summed E-state index contributed by atoms with van der Waals surface area (Å²) >= 11 is 7.34. The number of nitrogens with zero attached hydrogens (tertiary/aromatic N) is 3. The number of hydrogen-bond donors (Lipinski definition) is 1. The maximum absolute atomic E-state index is 13.0. The largest absolute Gasteiger partial charge is 0.345 e. The number of amides is 1. The van der Waals surface area contributed by atoms with Crippen molar-refractivity contribution in [1.29, 1.82) is 0 Å². The van der Waals surface area contributed by atoms with Gasteiger partial charge in [0.2, 0.25) is 0 Å². The van der Waals surface area contributed by atoms with Gasteiger partial charge in [-0.25, -0.2) is 4.39 Å². The molecule has 0 atom stereocenters. The first-order valence-corrected chi connectivity index (χ1v) is 9.87. The number of benzene rings is 2. The number of rotatable bonds is 8. The number of carbonyl (C=O) groups excluding carboxylic acids is 1. The molecule has 1 N–H and O–H groups in total. The van der Waals surface area contributed by atoms with Gasteiger partial charge >= 0.3 is 0 Å². The number of hydrogen-bond acceptors (Lipinski definition) is 4. The van der Waals surface area contributed by atoms with Gasteiger partial charge in [-0.05, 0) is 42.0 Å². The SMILES string of the molecule is C=CCn1c(CNC(=O)c2ccc(Cl)cc2)nnc1SCc1ccc(F)cc1. The topological polar surface area (TPSA) is 59.8 Å². The molecule has 5 nitrogen and oxygen atoms in total. The molecule has 8 heteroatoms. The van der Waals surface area contributed by atoms with E-state index < -0.39 is 0 Å². The molecule has 3 aromatic rings. The summed E-state index contributed by atoms with van der Waals surface area (Å²) in [7, 11) is 0. The van der Waals surface area contributed by atoms with Crippen LogP contribution in [0.2, 0.25) is 5.02 Å². The van der Waals surface area contributed by atoms with E-state index in [1.807, 2.05) is 4.57 Å². The predicted molar refractivity (Wildman–Crippen MR) is 109 cm³/mol. The third-order valence-electron chi connectivity index (χ3n) is 3.90. The molecule has 0 saturated heterocycles. The van der Waals surface area contributed by atoms with E-state index >= 15 is 0 Å². The summed E-state index contributed by atoms with van der Waals surface area (Å²) in [6.45, 7) is 4.52. The van der Waals surface area contributed by atoms with Crippen molar-refractivity contribution in [1.82, 2.24) is 20.1 Å². The highest BCUT2D eigenvalue weighted by Gasteiger charge is 2.13. The van der Waals surface area contributed by atoms with Crippen LogP contribution in [0.5, 0.6) is 0 Å². The van der Waals surface area contributed by atoms with Gasteiger partial charge in [0.25, 0.3) is 5.91 Å². The molecule has 1 heterocycles. The zero-order valence-electron chi connectivity index (χ0n) is 14.9. The summed E-state index contributed by atoms with van der Waals surface area (Å²) in [5.74, 6) is 0.781. The van der Waals surface area contributed by atoms with Gasteiger partial charge in [-0.3, -0.25) is 4.79 Å². The van der Waals surface area contributed by atoms with Gasteiger partial charge in [0, 0.05) is 22.9 Å². The highest BCUT2D eigenvalue weighted by molar-refractivity contribution is 7.98. The molecule has 0 fully saturated rings. The number of thioether (sulfide) groups is 1. The van der Waals surface area contributed by atoms with Crippen molar-refractivity contribution >= 4 is 29.3 Å². The van der Waals surface area contributed by atoms with Crippen molar-refractivity contribution in [3.8, 4) is 0 Å². The number of allylic oxidation sites excluding steroid dienone is 1. The van der Waals surface area contributed by atoms with Crippen LogP contribution in [0.15, 0.2) is 66.3 Å². The molecule has 0 saturated carbocycles. The molecule has 1 aromatic heterocycles. The lowest BCUT2D eigenvalue weighted by Crippen LogP contribution is -2.24. The van der Waals surface area contributed by atoms with Gasteiger partial charge in [-0.15, -0.1) is 16.8 Å². The third-order valence-corrected chi connectivity index (χ3v) is 5.19. The minimum absolute atomic E-state index is 0.217. The van der Waals surface area contributed by atoms with Crippen LogP contribution < -0.4 is 5.32 Å². The molecule has 0 aliphatic heterocycles. The molecule has 2 aromatic carbocycles. The minimum Gasteiger partial charge on any atom is -0.345 e. The predicted octanol–water partition coefficient (Wildman–Crippen LogP) is 4.48. The fourth-order valence-electron chi connectivity index (χ4n) is 2.46. The maximum Gasteiger partial charge on any atom is 0.251 e. The lowest BCUT2D eigenvalue weighted by Gasteiger charge is -2.09. The highest BCUT2D eigenvalue weighted by Crippen LogP contribution is 2.22. The van der Waals surface area contributed by atoms with Crippen LogP contribution in [-0.2, 0) is 18.8 Å². The summed E-state index contributed by atoms with van der Waals surface area (Å²) in [4.78, 5) is 12.3. The molecule has 0 bridgehead atoms. The van der Waals surface area contributed by atoms with E-state index in [9.17, 15) is 9.18 Å². The lowest BCUT2D eigenvalue weighted by molar-refractivity contribution is 0.0949. The fraction of sp³-hybridized carbons (Fsp3) is 0.150. The van der Waals surface area contributed by atoms with Crippen LogP contribution in [0.25, 0.3) is 0 Å². The molecule has 0 aliphatic carbocycles. The van der Waals surface area contributed by atoms with Gasteiger partial charge in [0.15, 0.2) is 11.0 Å². The zero-order chi connectivity index (χ0) is 19.9. The molecule has 28 heavy (non-hydrogen) atoms. The smallest absolute Gasteiger partial charge is 0.251 e. The Hall–Kier alpha value is -2.64. The Balaban J connectivity index is 1.65. The first-order chi connectivity index (χ1) is 13.6. The van der Waals surface area contributed by atoms with E-state index in [0.717, 1.165) is 5.56 Å². The van der Waals surface area contributed by atoms with Crippen molar-refractivity contribution < 1.29 is 9.18 Å². The van der Waals surface area contributed by atoms with E-state index in [1.54, 1.807) is 42.5 Å². The Morgan fingerprint density at radius 3 is 2.57 bits per heavy atom. The third kappa shape index (κ3) is 5.21. The van der Waals surface area contributed by atoms with Gasteiger partial charge in [0.05, 0.1) is 6.54 Å². The van der Waals surface area contributed by atoms with E-state index in [4.69, 9.17) is 11.6 Å². The van der Waals surface area contributed by atoms with Crippen LogP contribution in [0, 0.1) is 5.82 Å². The van der Waals surface area contributed by atoms with Crippen molar-refractivity contribution in [3.05, 3.63) is 89.0 Å². The Kier molecular flexibility index (Phi) is 6.84. The maximum atomic E-state index is 13.0. The van der Waals surface area contributed by atoms with Gasteiger partial charge in [-0.1, -0.05) is 41.6 Å². The quantitative estimate of drug-likeness (QED) is 0.434. The van der Waals surface area contributed by atoms with Crippen LogP contribution >= 0.6 is 23.4 Å². The lowest BCUT2D eigenvalue weighted by atomic mass is 10.2. The molecule has 3 rings (SSSR count). The summed E-state index contributed by atoms with van der Waals surface area (Å²) in [5, 5.41) is 12.5. The van der Waals surface area contributed by atoms with E-state index in [2.05, 4.69) is 22.1 Å². The molecular weight excluding hydrogens is 399 g/mol. The Bertz CT molecular complexity index is 957. The van der Waals surface area contributed by atoms with Crippen LogP contribution in [0.4, 0.5) is 4.39 Å². The van der Waals surface area contributed by atoms with Crippen molar-refractivity contribution in [2.75, 3.05) is 0 Å². The monoisotopic (exact) mass is 416 g/mol. The Labute approximate surface area is 171 Å². The second-order valence-electron chi connectivity index (χ2n) is 5.90. The second kappa shape index (κ2) is 9.52. The van der Waals surface area contributed by atoms with E-state index in [0.29, 0.717) is 33.9 Å². The van der Waals surface area contributed by atoms with Crippen molar-refractivity contribution in [2.45, 2.75) is 24.0 Å². The number of carbonyl (C=O) groups is 1. The molecule has 0 spiro atoms. The summed E-state index contributed by atoms with van der Waals surface area (Å²) < 4.78 is 14.9. The van der Waals surface area contributed by atoms with Crippen LogP contribution in [0.1, 0.15) is 21.7 Å². The standard InChI is InChI=1S/C20H18ClFN4OS/c1-2-11-26-18(12-23-19(27)15-5-7-16(21)8-6-15)24-25-20(26)28-13-14-3-9-17(22)10-4-14/h2-10H,1,11-13H2,(H,23,27). The van der Waals surface area contributed by atoms with Crippen molar-refractivity contribution in [2.24, 2.45) is 0 Å². The molecule has 0 unspecified atom stereocenters. The average Bonchev–Trinajstić information content (AvgIpc) is 3.08. The molecule has 144 valence electrons. The van der Waals surface area contributed by atoms with Crippen LogP contribution in [0.3, 0.4) is 0 Å². The molecule has 0 radical (unpaired) electrons. The number of halogens is 2. The summed E-state index contributed by atoms with van der Waals surface area (Å²) in [5.41, 5.74) is 1.50. The first kappa shape index (κ1) is 20.1. The van der Waals surface area contributed by atoms with Gasteiger partial charge in [0.1, 0.15) is 5.82 Å². The Morgan fingerprint density at radius 1 is 1.18 bits per heavy atom. The summed E-state index contributed by atoms with van der Waals surface area (Å²) in [6, 6.07) is 13.0. The highest BCUT2D eigenvalue weighted by atomic mass is 35.5. The Morgan fingerprint density at radius 2 is 1.89 bits per heavy atom. The number of aromatic nitrogens is 3. The zero-order valence-corrected chi connectivity index (χ0v) is 16.5. The van der Waals surface area contributed by atoms with Crippen molar-refractivity contribution in [3.63, 3.8) is 0 Å². The molecular formula is C20H18ClFN4OS. The average molecular weight is 417 g/mol. The minimum atomic E-state index is -0.262. The second-order valence-corrected chi connectivity index (χ2v) is 7.28. The molecule has 1 amide bonds. The van der Waals surface area contributed by atoms with Gasteiger partial charge < -0.3 is 9.88 Å². The fourth-order valence-corrected chi connectivity index (χ4v) is 3.51. The molecule has 0 aliphatic rings. The first-order valence-electron chi connectivity index (χ1n) is 8.51. The van der Waals surface area contributed by atoms with Gasteiger partial charge in [-0.2, -0.15) is 0 Å². The summed E-state index contributed by atoms with van der Waals surface area (Å²) in [6.07, 6.45) is 1.75. The van der Waals surface area contributed by atoms with E-state index in [1.165, 1.54) is 23.9 Å². The van der Waals surface area contributed by atoms with E-state index in [-0.39, 0.29) is 18.3 Å². The number of nitrogens with one attached hydrogen (secondary N) is 1.